The molecule has 0 amide bonds. The monoisotopic (exact) mass is 462 g/mol. The molecule has 0 spiro atoms. The van der Waals surface area contributed by atoms with Crippen molar-refractivity contribution in [1.29, 1.82) is 0 Å². The Balaban J connectivity index is 1.55. The average Bonchev–Trinajstić information content (AvgIpc) is 3.47. The third-order valence-electron chi connectivity index (χ3n) is 7.67. The molecule has 0 saturated heterocycles. The van der Waals surface area contributed by atoms with Crippen LogP contribution in [-0.2, 0) is 0 Å². The van der Waals surface area contributed by atoms with Crippen molar-refractivity contribution in [2.24, 2.45) is 0 Å². The van der Waals surface area contributed by atoms with Crippen molar-refractivity contribution in [2.45, 2.75) is 13.8 Å². The Labute approximate surface area is 206 Å². The van der Waals surface area contributed by atoms with Gasteiger partial charge in [-0.25, -0.2) is 4.98 Å². The van der Waals surface area contributed by atoms with Crippen LogP contribution in [0.4, 0.5) is 0 Å². The molecule has 4 aromatic heterocycles. The van der Waals surface area contributed by atoms with Gasteiger partial charge in [-0.05, 0) is 72.5 Å². The maximum atomic E-state index is 5.05. The molecule has 170 valence electrons. The maximum Gasteiger partial charge on any atom is 0.146 e. The van der Waals surface area contributed by atoms with Gasteiger partial charge in [-0.3, -0.25) is 9.38 Å². The molecular weight excluding hydrogens is 440 g/mol. The number of aryl methyl sites for hydroxylation is 2. The number of benzene rings is 4. The molecule has 0 aliphatic heterocycles. The van der Waals surface area contributed by atoms with Gasteiger partial charge in [0, 0.05) is 38.6 Å². The Bertz CT molecular complexity index is 2180. The van der Waals surface area contributed by atoms with Crippen molar-refractivity contribution >= 4 is 60.2 Å². The highest BCUT2D eigenvalue weighted by molar-refractivity contribution is 6.27. The summed E-state index contributed by atoms with van der Waals surface area (Å²) in [6, 6.07) is 28.2. The van der Waals surface area contributed by atoms with Crippen molar-refractivity contribution in [1.82, 2.24) is 19.4 Å². The molecule has 4 heteroatoms. The van der Waals surface area contributed by atoms with Gasteiger partial charge >= 0.3 is 0 Å². The van der Waals surface area contributed by atoms with Gasteiger partial charge in [0.05, 0.1) is 28.3 Å². The zero-order valence-electron chi connectivity index (χ0n) is 20.0. The number of hydrogen-bond acceptors (Lipinski definition) is 2. The second-order valence-corrected chi connectivity index (χ2v) is 9.72. The fraction of sp³-hybridized carbons (Fsp3) is 0.0625. The first-order valence-corrected chi connectivity index (χ1v) is 12.3. The van der Waals surface area contributed by atoms with E-state index in [4.69, 9.17) is 4.98 Å². The molecule has 0 aliphatic carbocycles. The molecule has 4 heterocycles. The number of para-hydroxylation sites is 2. The minimum atomic E-state index is 0.962. The Morgan fingerprint density at radius 3 is 2.44 bits per heavy atom. The van der Waals surface area contributed by atoms with Crippen molar-refractivity contribution in [3.63, 3.8) is 0 Å². The van der Waals surface area contributed by atoms with Crippen LogP contribution in [0.3, 0.4) is 0 Å². The number of hydrogen-bond donors (Lipinski definition) is 1. The molecule has 0 aliphatic rings. The molecule has 1 N–H and O–H groups in total. The number of aromatic nitrogens is 4. The molecule has 0 fully saturated rings. The molecule has 8 aromatic rings. The number of imidazole rings is 1. The van der Waals surface area contributed by atoms with Crippen LogP contribution >= 0.6 is 0 Å². The molecule has 0 unspecified atom stereocenters. The van der Waals surface area contributed by atoms with Crippen LogP contribution in [0.15, 0.2) is 91.3 Å². The standard InChI is InChI=1S/C32H22N4/c1-18-7-3-4-8-20(18)24-16-27-25(15-19(24)2)21-11-12-23-30(31(21)34-27)22-13-14-33-17-29(22)36-28-10-6-5-9-26(28)35-32(23)36/h3-17,34H,1-2H3. The number of nitrogens with zero attached hydrogens (tertiary/aromatic N) is 3. The molecule has 0 atom stereocenters. The first kappa shape index (κ1) is 19.6. The second kappa shape index (κ2) is 6.92. The SMILES string of the molecule is Cc1ccccc1-c1cc2[nH]c3c(ccc4c3c3ccncc3n3c5ccccc5nc43)c2cc1C. The molecule has 0 radical (unpaired) electrons. The number of nitrogens with one attached hydrogen (secondary N) is 1. The first-order valence-electron chi connectivity index (χ1n) is 12.3. The Hall–Kier alpha value is -4.70. The summed E-state index contributed by atoms with van der Waals surface area (Å²) in [5.41, 5.74) is 11.5. The summed E-state index contributed by atoms with van der Waals surface area (Å²) >= 11 is 0. The largest absolute Gasteiger partial charge is 0.354 e. The second-order valence-electron chi connectivity index (χ2n) is 9.72. The third-order valence-corrected chi connectivity index (χ3v) is 7.67. The van der Waals surface area contributed by atoms with E-state index in [2.05, 4.69) is 101 Å². The number of H-pyrrole nitrogens is 1. The topological polar surface area (TPSA) is 46.0 Å². The fourth-order valence-corrected chi connectivity index (χ4v) is 5.98. The zero-order valence-corrected chi connectivity index (χ0v) is 20.0. The van der Waals surface area contributed by atoms with E-state index in [0.29, 0.717) is 0 Å². The lowest BCUT2D eigenvalue weighted by molar-refractivity contribution is 1.27. The first-order chi connectivity index (χ1) is 17.7. The predicted octanol–water partition coefficient (Wildman–Crippen LogP) is 8.11. The highest BCUT2D eigenvalue weighted by atomic mass is 15.0. The normalized spacial score (nSPS) is 12.2. The Kier molecular flexibility index (Phi) is 3.77. The summed E-state index contributed by atoms with van der Waals surface area (Å²) in [4.78, 5) is 13.3. The van der Waals surface area contributed by atoms with Gasteiger partial charge in [-0.15, -0.1) is 0 Å². The lowest BCUT2D eigenvalue weighted by Crippen LogP contribution is -1.92. The average molecular weight is 463 g/mol. The lowest BCUT2D eigenvalue weighted by atomic mass is 9.95. The van der Waals surface area contributed by atoms with Gasteiger partial charge < -0.3 is 4.98 Å². The third kappa shape index (κ3) is 2.48. The summed E-state index contributed by atoms with van der Waals surface area (Å²) in [6.45, 7) is 4.39. The van der Waals surface area contributed by atoms with Crippen molar-refractivity contribution in [3.05, 3.63) is 102 Å². The van der Waals surface area contributed by atoms with Crippen LogP contribution < -0.4 is 0 Å². The summed E-state index contributed by atoms with van der Waals surface area (Å²) < 4.78 is 2.24. The van der Waals surface area contributed by atoms with Gasteiger partial charge in [0.2, 0.25) is 0 Å². The summed E-state index contributed by atoms with van der Waals surface area (Å²) in [5, 5.41) is 5.98. The van der Waals surface area contributed by atoms with Crippen LogP contribution in [0.1, 0.15) is 11.1 Å². The number of fused-ring (bicyclic) bond motifs is 12. The smallest absolute Gasteiger partial charge is 0.146 e. The van der Waals surface area contributed by atoms with Crippen molar-refractivity contribution in [3.8, 4) is 11.1 Å². The molecule has 4 aromatic carbocycles. The molecule has 4 nitrogen and oxygen atoms in total. The van der Waals surface area contributed by atoms with E-state index in [9.17, 15) is 0 Å². The van der Waals surface area contributed by atoms with E-state index in [1.54, 1.807) is 0 Å². The summed E-state index contributed by atoms with van der Waals surface area (Å²) in [6.07, 6.45) is 3.84. The van der Waals surface area contributed by atoms with E-state index < -0.39 is 0 Å². The molecule has 0 saturated carbocycles. The molecule has 8 rings (SSSR count). The van der Waals surface area contributed by atoms with E-state index >= 15 is 0 Å². The summed E-state index contributed by atoms with van der Waals surface area (Å²) in [7, 11) is 0. The van der Waals surface area contributed by atoms with E-state index in [-0.39, 0.29) is 0 Å². The van der Waals surface area contributed by atoms with Crippen LogP contribution in [-0.4, -0.2) is 19.4 Å². The highest BCUT2D eigenvalue weighted by Gasteiger charge is 2.18. The van der Waals surface area contributed by atoms with Crippen LogP contribution in [0.2, 0.25) is 0 Å². The summed E-state index contributed by atoms with van der Waals surface area (Å²) in [5.74, 6) is 0. The number of rotatable bonds is 1. The zero-order chi connectivity index (χ0) is 24.0. The van der Waals surface area contributed by atoms with E-state index in [1.165, 1.54) is 43.8 Å². The van der Waals surface area contributed by atoms with E-state index in [0.717, 1.165) is 38.6 Å². The molecule has 0 bridgehead atoms. The van der Waals surface area contributed by atoms with Crippen molar-refractivity contribution in [2.75, 3.05) is 0 Å². The quantitative estimate of drug-likeness (QED) is 0.250. The minimum absolute atomic E-state index is 0.962. The minimum Gasteiger partial charge on any atom is -0.354 e. The molecule has 36 heavy (non-hydrogen) atoms. The van der Waals surface area contributed by atoms with Crippen LogP contribution in [0.25, 0.3) is 71.3 Å². The number of aromatic amines is 1. The highest BCUT2D eigenvalue weighted by Crippen LogP contribution is 2.40. The predicted molar refractivity (Wildman–Crippen MR) is 150 cm³/mol. The van der Waals surface area contributed by atoms with Crippen LogP contribution in [0.5, 0.6) is 0 Å². The maximum absolute atomic E-state index is 5.05. The van der Waals surface area contributed by atoms with Gasteiger partial charge in [-0.1, -0.05) is 42.5 Å². The van der Waals surface area contributed by atoms with Crippen molar-refractivity contribution < 1.29 is 0 Å². The van der Waals surface area contributed by atoms with Gasteiger partial charge in [0.25, 0.3) is 0 Å². The van der Waals surface area contributed by atoms with E-state index in [1.807, 2.05) is 18.5 Å². The van der Waals surface area contributed by atoms with Crippen LogP contribution in [0, 0.1) is 13.8 Å². The van der Waals surface area contributed by atoms with Gasteiger partial charge in [0.15, 0.2) is 0 Å². The Morgan fingerprint density at radius 2 is 1.53 bits per heavy atom. The Morgan fingerprint density at radius 1 is 0.694 bits per heavy atom. The van der Waals surface area contributed by atoms with Gasteiger partial charge in [0.1, 0.15) is 5.65 Å². The lowest BCUT2D eigenvalue weighted by Gasteiger charge is -2.10. The number of pyridine rings is 2. The fourth-order valence-electron chi connectivity index (χ4n) is 5.98. The molecular formula is C32H22N4. The van der Waals surface area contributed by atoms with Gasteiger partial charge in [-0.2, -0.15) is 0 Å².